The van der Waals surface area contributed by atoms with E-state index < -0.39 is 0 Å². The molecule has 0 atom stereocenters. The summed E-state index contributed by atoms with van der Waals surface area (Å²) in [6.07, 6.45) is 0. The van der Waals surface area contributed by atoms with E-state index in [4.69, 9.17) is 0 Å². The van der Waals surface area contributed by atoms with E-state index in [1.54, 1.807) is 24.3 Å². The van der Waals surface area contributed by atoms with Crippen molar-refractivity contribution < 1.29 is 9.59 Å². The average molecular weight is 394 g/mol. The molecule has 0 aliphatic carbocycles. The van der Waals surface area contributed by atoms with Gasteiger partial charge in [-0.3, -0.25) is 14.9 Å². The highest BCUT2D eigenvalue weighted by Crippen LogP contribution is 2.28. The smallest absolute Gasteiger partial charge is 0.257 e. The highest BCUT2D eigenvalue weighted by molar-refractivity contribution is 7.14. The fraction of sp³-hybridized carbons (Fsp3) is 0.227. The number of hydrogen-bond donors (Lipinski definition) is 2. The highest BCUT2D eigenvalue weighted by atomic mass is 32.1. The van der Waals surface area contributed by atoms with Crippen LogP contribution in [0.4, 0.5) is 10.8 Å². The normalized spacial score (nSPS) is 11.1. The minimum absolute atomic E-state index is 0.106. The first-order chi connectivity index (χ1) is 13.2. The first-order valence-electron chi connectivity index (χ1n) is 8.98. The van der Waals surface area contributed by atoms with Gasteiger partial charge in [-0.25, -0.2) is 4.98 Å². The summed E-state index contributed by atoms with van der Waals surface area (Å²) >= 11 is 1.39. The fourth-order valence-electron chi connectivity index (χ4n) is 2.68. The van der Waals surface area contributed by atoms with Crippen LogP contribution in [0.5, 0.6) is 0 Å². The lowest BCUT2D eigenvalue weighted by molar-refractivity contribution is -0.114. The van der Waals surface area contributed by atoms with Crippen LogP contribution in [-0.4, -0.2) is 16.8 Å². The van der Waals surface area contributed by atoms with E-state index in [1.807, 2.05) is 5.38 Å². The molecule has 5 nitrogen and oxygen atoms in total. The summed E-state index contributed by atoms with van der Waals surface area (Å²) in [5.74, 6) is -0.388. The van der Waals surface area contributed by atoms with E-state index in [9.17, 15) is 9.59 Å². The molecule has 28 heavy (non-hydrogen) atoms. The van der Waals surface area contributed by atoms with Crippen molar-refractivity contribution >= 4 is 34.0 Å². The van der Waals surface area contributed by atoms with Crippen LogP contribution in [0, 0.1) is 0 Å². The van der Waals surface area contributed by atoms with Crippen LogP contribution >= 0.6 is 11.3 Å². The first-order valence-corrected chi connectivity index (χ1v) is 9.86. The lowest BCUT2D eigenvalue weighted by Crippen LogP contribution is -2.12. The predicted molar refractivity (Wildman–Crippen MR) is 115 cm³/mol. The number of rotatable bonds is 4. The summed E-state index contributed by atoms with van der Waals surface area (Å²) in [4.78, 5) is 28.0. The summed E-state index contributed by atoms with van der Waals surface area (Å²) in [7, 11) is 0. The number of carbonyl (C=O) groups is 2. The molecule has 0 saturated carbocycles. The van der Waals surface area contributed by atoms with Crippen LogP contribution < -0.4 is 10.6 Å². The van der Waals surface area contributed by atoms with Crippen LogP contribution in [0.15, 0.2) is 53.9 Å². The van der Waals surface area contributed by atoms with Gasteiger partial charge in [0, 0.05) is 29.1 Å². The summed E-state index contributed by atoms with van der Waals surface area (Å²) in [5.41, 5.74) is 4.38. The molecular formula is C22H23N3O2S. The van der Waals surface area contributed by atoms with Crippen LogP contribution in [0.3, 0.4) is 0 Å². The van der Waals surface area contributed by atoms with Gasteiger partial charge >= 0.3 is 0 Å². The van der Waals surface area contributed by atoms with Crippen molar-refractivity contribution in [3.63, 3.8) is 0 Å². The molecule has 2 amide bonds. The van der Waals surface area contributed by atoms with E-state index in [-0.39, 0.29) is 17.2 Å². The standard InChI is InChI=1S/C22H23N3O2S/c1-14(26)23-18-11-7-16(8-12-18)20(27)25-21-24-19(13-28-21)15-5-9-17(10-6-15)22(2,3)4/h5-13H,1-4H3,(H,23,26)(H,24,25,27). The monoisotopic (exact) mass is 393 g/mol. The van der Waals surface area contributed by atoms with Gasteiger partial charge in [-0.2, -0.15) is 0 Å². The van der Waals surface area contributed by atoms with Crippen molar-refractivity contribution in [3.8, 4) is 11.3 Å². The topological polar surface area (TPSA) is 71.1 Å². The van der Waals surface area contributed by atoms with Gasteiger partial charge in [0.05, 0.1) is 5.69 Å². The fourth-order valence-corrected chi connectivity index (χ4v) is 3.40. The number of benzene rings is 2. The zero-order chi connectivity index (χ0) is 20.3. The van der Waals surface area contributed by atoms with E-state index in [1.165, 1.54) is 23.8 Å². The molecule has 0 radical (unpaired) electrons. The van der Waals surface area contributed by atoms with Crippen LogP contribution in [0.1, 0.15) is 43.6 Å². The lowest BCUT2D eigenvalue weighted by Gasteiger charge is -2.18. The van der Waals surface area contributed by atoms with Crippen molar-refractivity contribution in [3.05, 3.63) is 65.0 Å². The third-order valence-electron chi connectivity index (χ3n) is 4.24. The van der Waals surface area contributed by atoms with Gasteiger partial charge in [-0.15, -0.1) is 11.3 Å². The Morgan fingerprint density at radius 1 is 0.929 bits per heavy atom. The summed E-state index contributed by atoms with van der Waals surface area (Å²) in [6, 6.07) is 15.1. The Morgan fingerprint density at radius 2 is 1.57 bits per heavy atom. The minimum atomic E-state index is -0.238. The molecule has 0 bridgehead atoms. The number of anilines is 2. The van der Waals surface area contributed by atoms with Gasteiger partial charge in [0.25, 0.3) is 5.91 Å². The number of thiazole rings is 1. The van der Waals surface area contributed by atoms with Crippen LogP contribution in [-0.2, 0) is 10.2 Å². The number of carbonyl (C=O) groups excluding carboxylic acids is 2. The molecule has 2 N–H and O–H groups in total. The van der Waals surface area contributed by atoms with E-state index in [2.05, 4.69) is 60.7 Å². The van der Waals surface area contributed by atoms with Gasteiger partial charge in [0.1, 0.15) is 0 Å². The molecular weight excluding hydrogens is 370 g/mol. The van der Waals surface area contributed by atoms with Crippen LogP contribution in [0.2, 0.25) is 0 Å². The lowest BCUT2D eigenvalue weighted by atomic mass is 9.86. The number of nitrogens with zero attached hydrogens (tertiary/aromatic N) is 1. The Balaban J connectivity index is 1.68. The molecule has 0 aliphatic heterocycles. The minimum Gasteiger partial charge on any atom is -0.326 e. The summed E-state index contributed by atoms with van der Waals surface area (Å²) in [5, 5.41) is 7.98. The summed E-state index contributed by atoms with van der Waals surface area (Å²) < 4.78 is 0. The zero-order valence-electron chi connectivity index (χ0n) is 16.4. The Bertz CT molecular complexity index is 984. The van der Waals surface area contributed by atoms with Crippen molar-refractivity contribution in [2.24, 2.45) is 0 Å². The molecule has 0 unspecified atom stereocenters. The van der Waals surface area contributed by atoms with Gasteiger partial charge in [-0.1, -0.05) is 45.0 Å². The van der Waals surface area contributed by atoms with Crippen molar-refractivity contribution in [1.29, 1.82) is 0 Å². The molecule has 3 rings (SSSR count). The van der Waals surface area contributed by atoms with Gasteiger partial charge in [0.2, 0.25) is 5.91 Å². The third-order valence-corrected chi connectivity index (χ3v) is 5.00. The zero-order valence-corrected chi connectivity index (χ0v) is 17.2. The Labute approximate surface area is 168 Å². The first kappa shape index (κ1) is 19.8. The second-order valence-electron chi connectivity index (χ2n) is 7.58. The molecule has 144 valence electrons. The maximum atomic E-state index is 12.4. The summed E-state index contributed by atoms with van der Waals surface area (Å²) in [6.45, 7) is 7.99. The predicted octanol–water partition coefficient (Wildman–Crippen LogP) is 5.32. The Morgan fingerprint density at radius 3 is 2.14 bits per heavy atom. The quantitative estimate of drug-likeness (QED) is 0.630. The van der Waals surface area contributed by atoms with E-state index >= 15 is 0 Å². The molecule has 0 saturated heterocycles. The molecule has 0 fully saturated rings. The molecule has 6 heteroatoms. The molecule has 2 aromatic carbocycles. The molecule has 0 aliphatic rings. The van der Waals surface area contributed by atoms with Gasteiger partial charge in [-0.05, 0) is 35.2 Å². The van der Waals surface area contributed by atoms with Gasteiger partial charge in [0.15, 0.2) is 5.13 Å². The van der Waals surface area contributed by atoms with Crippen molar-refractivity contribution in [2.45, 2.75) is 33.1 Å². The largest absolute Gasteiger partial charge is 0.326 e. The van der Waals surface area contributed by atoms with E-state index in [0.29, 0.717) is 16.4 Å². The highest BCUT2D eigenvalue weighted by Gasteiger charge is 2.14. The Hall–Kier alpha value is -2.99. The molecule has 0 spiro atoms. The third kappa shape index (κ3) is 4.84. The van der Waals surface area contributed by atoms with Crippen molar-refractivity contribution in [2.75, 3.05) is 10.6 Å². The maximum Gasteiger partial charge on any atom is 0.257 e. The molecule has 3 aromatic rings. The second-order valence-corrected chi connectivity index (χ2v) is 8.44. The second kappa shape index (κ2) is 7.94. The van der Waals surface area contributed by atoms with Crippen LogP contribution in [0.25, 0.3) is 11.3 Å². The maximum absolute atomic E-state index is 12.4. The molecule has 1 aromatic heterocycles. The Kier molecular flexibility index (Phi) is 5.61. The number of hydrogen-bond acceptors (Lipinski definition) is 4. The number of amides is 2. The number of aromatic nitrogens is 1. The number of nitrogens with one attached hydrogen (secondary N) is 2. The average Bonchev–Trinajstić information content (AvgIpc) is 3.09. The van der Waals surface area contributed by atoms with Crippen molar-refractivity contribution in [1.82, 2.24) is 4.98 Å². The SMILES string of the molecule is CC(=O)Nc1ccc(C(=O)Nc2nc(-c3ccc(C(C)(C)C)cc3)cs2)cc1. The molecule has 1 heterocycles. The van der Waals surface area contributed by atoms with E-state index in [0.717, 1.165) is 11.3 Å². The van der Waals surface area contributed by atoms with Gasteiger partial charge < -0.3 is 5.32 Å².